The van der Waals surface area contributed by atoms with E-state index < -0.39 is 0 Å². The zero-order chi connectivity index (χ0) is 19.7. The van der Waals surface area contributed by atoms with Crippen molar-refractivity contribution in [3.63, 3.8) is 0 Å². The van der Waals surface area contributed by atoms with Crippen molar-refractivity contribution in [1.29, 1.82) is 0 Å². The van der Waals surface area contributed by atoms with Gasteiger partial charge in [-0.25, -0.2) is 4.98 Å². The van der Waals surface area contributed by atoms with Crippen molar-refractivity contribution in [3.05, 3.63) is 54.2 Å². The van der Waals surface area contributed by atoms with Gasteiger partial charge in [-0.3, -0.25) is 4.90 Å². The summed E-state index contributed by atoms with van der Waals surface area (Å²) >= 11 is 0. The van der Waals surface area contributed by atoms with Gasteiger partial charge in [0.2, 0.25) is 5.95 Å². The van der Waals surface area contributed by atoms with Crippen molar-refractivity contribution >= 4 is 17.8 Å². The van der Waals surface area contributed by atoms with Crippen molar-refractivity contribution in [3.8, 4) is 0 Å². The molecule has 154 valence electrons. The van der Waals surface area contributed by atoms with Gasteiger partial charge in [0, 0.05) is 45.0 Å². The fraction of sp³-hybridized carbons (Fsp3) is 0.500. The SMILES string of the molecule is C(=C\c1ccccc1)/CN1CCN(c2nccc(NC3CCCCCC3)n2)CC1. The molecule has 0 bridgehead atoms. The highest BCUT2D eigenvalue weighted by Crippen LogP contribution is 2.21. The Bertz CT molecular complexity index is 760. The van der Waals surface area contributed by atoms with Crippen molar-refractivity contribution in [2.45, 2.75) is 44.6 Å². The molecule has 1 aromatic heterocycles. The molecule has 2 fully saturated rings. The molecule has 1 N–H and O–H groups in total. The van der Waals surface area contributed by atoms with Crippen molar-refractivity contribution in [2.75, 3.05) is 42.9 Å². The summed E-state index contributed by atoms with van der Waals surface area (Å²) in [5.74, 6) is 1.85. The summed E-state index contributed by atoms with van der Waals surface area (Å²) in [6.07, 6.45) is 14.3. The number of aromatic nitrogens is 2. The Morgan fingerprint density at radius 1 is 0.931 bits per heavy atom. The van der Waals surface area contributed by atoms with Gasteiger partial charge in [0.25, 0.3) is 0 Å². The molecule has 4 rings (SSSR count). The molecule has 0 spiro atoms. The molecule has 2 aliphatic rings. The number of nitrogens with zero attached hydrogens (tertiary/aromatic N) is 4. The monoisotopic (exact) mass is 391 g/mol. The molecule has 1 aliphatic carbocycles. The van der Waals surface area contributed by atoms with E-state index in [0.29, 0.717) is 6.04 Å². The zero-order valence-electron chi connectivity index (χ0n) is 17.3. The zero-order valence-corrected chi connectivity index (χ0v) is 17.3. The molecule has 0 atom stereocenters. The van der Waals surface area contributed by atoms with Crippen LogP contribution in [0, 0.1) is 0 Å². The van der Waals surface area contributed by atoms with Crippen LogP contribution < -0.4 is 10.2 Å². The third kappa shape index (κ3) is 6.04. The lowest BCUT2D eigenvalue weighted by molar-refractivity contribution is 0.283. The summed E-state index contributed by atoms with van der Waals surface area (Å²) in [5, 5.41) is 3.66. The second-order valence-electron chi connectivity index (χ2n) is 8.18. The highest BCUT2D eigenvalue weighted by atomic mass is 15.3. The maximum atomic E-state index is 4.82. The average Bonchev–Trinajstić information content (AvgIpc) is 3.04. The number of hydrogen-bond acceptors (Lipinski definition) is 5. The number of piperazine rings is 1. The first kappa shape index (κ1) is 19.9. The molecular weight excluding hydrogens is 358 g/mol. The fourth-order valence-corrected chi connectivity index (χ4v) is 4.25. The average molecular weight is 392 g/mol. The molecule has 0 amide bonds. The van der Waals surface area contributed by atoms with Crippen LogP contribution in [-0.2, 0) is 0 Å². The van der Waals surface area contributed by atoms with E-state index in [9.17, 15) is 0 Å². The first-order chi connectivity index (χ1) is 14.4. The number of anilines is 2. The van der Waals surface area contributed by atoms with E-state index in [4.69, 9.17) is 4.98 Å². The second kappa shape index (κ2) is 10.4. The molecular formula is C24H33N5. The molecule has 2 heterocycles. The molecule has 0 radical (unpaired) electrons. The molecule has 2 aromatic rings. The molecule has 1 aliphatic heterocycles. The normalized spacial score (nSPS) is 19.4. The van der Waals surface area contributed by atoms with Crippen LogP contribution >= 0.6 is 0 Å². The predicted molar refractivity (Wildman–Crippen MR) is 121 cm³/mol. The van der Waals surface area contributed by atoms with E-state index in [0.717, 1.165) is 44.5 Å². The minimum absolute atomic E-state index is 0.563. The van der Waals surface area contributed by atoms with Crippen LogP contribution in [0.1, 0.15) is 44.1 Å². The van der Waals surface area contributed by atoms with Gasteiger partial charge in [-0.2, -0.15) is 4.98 Å². The number of rotatable bonds is 6. The minimum atomic E-state index is 0.563. The smallest absolute Gasteiger partial charge is 0.227 e. The standard InChI is InChI=1S/C24H33N5/c1-2-7-13-22(12-6-1)26-23-14-15-25-24(27-23)29-19-17-28(18-20-29)16-8-11-21-9-4-3-5-10-21/h3-5,8-11,14-15,22H,1-2,6-7,12-13,16-20H2,(H,25,26,27)/b11-8+. The first-order valence-corrected chi connectivity index (χ1v) is 11.2. The van der Waals surface area contributed by atoms with Gasteiger partial charge in [0.05, 0.1) is 0 Å². The Kier molecular flexibility index (Phi) is 7.13. The summed E-state index contributed by atoms with van der Waals surface area (Å²) < 4.78 is 0. The van der Waals surface area contributed by atoms with E-state index in [-0.39, 0.29) is 0 Å². The van der Waals surface area contributed by atoms with Crippen LogP contribution in [0.3, 0.4) is 0 Å². The molecule has 0 unspecified atom stereocenters. The number of hydrogen-bond donors (Lipinski definition) is 1. The van der Waals surface area contributed by atoms with Crippen molar-refractivity contribution < 1.29 is 0 Å². The lowest BCUT2D eigenvalue weighted by Gasteiger charge is -2.34. The van der Waals surface area contributed by atoms with Gasteiger partial charge in [0.15, 0.2) is 0 Å². The third-order valence-corrected chi connectivity index (χ3v) is 5.98. The molecule has 1 saturated heterocycles. The minimum Gasteiger partial charge on any atom is -0.367 e. The van der Waals surface area contributed by atoms with Crippen LogP contribution in [0.5, 0.6) is 0 Å². The second-order valence-corrected chi connectivity index (χ2v) is 8.18. The van der Waals surface area contributed by atoms with Crippen LogP contribution in [0.15, 0.2) is 48.7 Å². The van der Waals surface area contributed by atoms with Crippen molar-refractivity contribution in [2.24, 2.45) is 0 Å². The highest BCUT2D eigenvalue weighted by Gasteiger charge is 2.19. The molecule has 5 nitrogen and oxygen atoms in total. The predicted octanol–water partition coefficient (Wildman–Crippen LogP) is 4.45. The lowest BCUT2D eigenvalue weighted by atomic mass is 10.1. The summed E-state index contributed by atoms with van der Waals surface area (Å²) in [6.45, 7) is 5.04. The Morgan fingerprint density at radius 2 is 1.69 bits per heavy atom. The molecule has 1 aromatic carbocycles. The molecule has 1 saturated carbocycles. The summed E-state index contributed by atoms with van der Waals surface area (Å²) in [7, 11) is 0. The van der Waals surface area contributed by atoms with Gasteiger partial charge in [-0.15, -0.1) is 0 Å². The third-order valence-electron chi connectivity index (χ3n) is 5.98. The summed E-state index contributed by atoms with van der Waals surface area (Å²) in [5.41, 5.74) is 1.26. The Labute approximate surface area is 174 Å². The molecule has 29 heavy (non-hydrogen) atoms. The van der Waals surface area contributed by atoms with E-state index in [1.807, 2.05) is 12.3 Å². The van der Waals surface area contributed by atoms with Crippen LogP contribution in [0.4, 0.5) is 11.8 Å². The van der Waals surface area contributed by atoms with Crippen LogP contribution in [-0.4, -0.2) is 53.6 Å². The van der Waals surface area contributed by atoms with Gasteiger partial charge < -0.3 is 10.2 Å². The summed E-state index contributed by atoms with van der Waals surface area (Å²) in [6, 6.07) is 13.1. The van der Waals surface area contributed by atoms with Crippen molar-refractivity contribution in [1.82, 2.24) is 14.9 Å². The quantitative estimate of drug-likeness (QED) is 0.737. The number of benzene rings is 1. The van der Waals surface area contributed by atoms with E-state index in [1.165, 1.54) is 44.1 Å². The van der Waals surface area contributed by atoms with E-state index >= 15 is 0 Å². The van der Waals surface area contributed by atoms with E-state index in [2.05, 4.69) is 62.6 Å². The van der Waals surface area contributed by atoms with Crippen LogP contribution in [0.25, 0.3) is 6.08 Å². The molecule has 5 heteroatoms. The largest absolute Gasteiger partial charge is 0.367 e. The van der Waals surface area contributed by atoms with Crippen LogP contribution in [0.2, 0.25) is 0 Å². The van der Waals surface area contributed by atoms with Gasteiger partial charge >= 0.3 is 0 Å². The van der Waals surface area contributed by atoms with Gasteiger partial charge in [-0.05, 0) is 24.5 Å². The fourth-order valence-electron chi connectivity index (χ4n) is 4.25. The Morgan fingerprint density at radius 3 is 2.45 bits per heavy atom. The van der Waals surface area contributed by atoms with E-state index in [1.54, 1.807) is 0 Å². The summed E-state index contributed by atoms with van der Waals surface area (Å²) in [4.78, 5) is 14.2. The van der Waals surface area contributed by atoms with Gasteiger partial charge in [0.1, 0.15) is 5.82 Å². The number of nitrogens with one attached hydrogen (secondary N) is 1. The Balaban J connectivity index is 1.26. The lowest BCUT2D eigenvalue weighted by Crippen LogP contribution is -2.47. The Hall–Kier alpha value is -2.40. The topological polar surface area (TPSA) is 44.3 Å². The maximum Gasteiger partial charge on any atom is 0.227 e. The first-order valence-electron chi connectivity index (χ1n) is 11.2. The van der Waals surface area contributed by atoms with Gasteiger partial charge in [-0.1, -0.05) is 68.2 Å². The highest BCUT2D eigenvalue weighted by molar-refractivity contribution is 5.48. The maximum absolute atomic E-state index is 4.82.